The number of hydrogen-bond donors (Lipinski definition) is 6. The second-order valence-corrected chi connectivity index (χ2v) is 19.7. The molecule has 6 aromatic heterocycles. The molecule has 26 heteroatoms. The van der Waals surface area contributed by atoms with Crippen LogP contribution in [0.3, 0.4) is 0 Å². The number of fused-ring (bicyclic) bond motifs is 2. The molecule has 2 aromatic carbocycles. The molecular weight excluding hydrogens is 1060 g/mol. The van der Waals surface area contributed by atoms with E-state index in [0.29, 0.717) is 60.3 Å². The van der Waals surface area contributed by atoms with Crippen LogP contribution in [0.2, 0.25) is 0 Å². The number of aliphatic hydroxyl groups is 2. The van der Waals surface area contributed by atoms with Gasteiger partial charge in [0.05, 0.1) is 63.3 Å². The lowest BCUT2D eigenvalue weighted by molar-refractivity contribution is -0.126. The lowest BCUT2D eigenvalue weighted by Gasteiger charge is -2.33. The van der Waals surface area contributed by atoms with Crippen molar-refractivity contribution in [2.75, 3.05) is 51.2 Å². The van der Waals surface area contributed by atoms with Gasteiger partial charge >= 0.3 is 12.1 Å². The summed E-state index contributed by atoms with van der Waals surface area (Å²) in [7, 11) is 6.42. The third-order valence-corrected chi connectivity index (χ3v) is 14.3. The Morgan fingerprint density at radius 3 is 1.39 bits per heavy atom. The molecule has 0 aliphatic carbocycles. The van der Waals surface area contributed by atoms with Gasteiger partial charge in [0.25, 0.3) is 0 Å². The molecule has 0 bridgehead atoms. The van der Waals surface area contributed by atoms with E-state index in [-0.39, 0.29) is 23.6 Å². The van der Waals surface area contributed by atoms with Crippen molar-refractivity contribution in [3.63, 3.8) is 0 Å². The highest BCUT2D eigenvalue weighted by molar-refractivity contribution is 5.90. The number of carbonyl (C=O) groups excluding carboxylic acids is 4. The number of nitrogens with one attached hydrogen (secondary N) is 4. The number of halogens is 2. The number of methoxy groups -OCH3 is 2. The quantitative estimate of drug-likeness (QED) is 0.0585. The number of hydrogen-bond acceptors (Lipinski definition) is 16. The zero-order valence-corrected chi connectivity index (χ0v) is 46.3. The Bertz CT molecular complexity index is 3430. The van der Waals surface area contributed by atoms with Crippen LogP contribution in [-0.4, -0.2) is 145 Å². The monoisotopic (exact) mass is 1120 g/mol. The molecule has 2 aliphatic heterocycles. The summed E-state index contributed by atoms with van der Waals surface area (Å²) in [6.07, 6.45) is 11.2. The molecule has 0 fully saturated rings. The number of carbonyl (C=O) groups is 4. The highest BCUT2D eigenvalue weighted by Gasteiger charge is 2.35. The van der Waals surface area contributed by atoms with Gasteiger partial charge in [0.15, 0.2) is 0 Å². The fraction of sp³-hybridized carbons (Fsp3) is 0.321. The normalized spacial score (nSPS) is 14.4. The largest absolute Gasteiger partial charge is 0.497 e. The van der Waals surface area contributed by atoms with Gasteiger partial charge in [-0.2, -0.15) is 10.2 Å². The van der Waals surface area contributed by atoms with Crippen molar-refractivity contribution in [2.24, 2.45) is 14.1 Å². The minimum Gasteiger partial charge on any atom is -0.497 e. The average Bonchev–Trinajstić information content (AvgIpc) is 4.09. The molecule has 2 aliphatic rings. The minimum absolute atomic E-state index is 0.265. The fourth-order valence-corrected chi connectivity index (χ4v) is 9.63. The number of nitrogens with zero attached hydrogens (tertiary/aromatic N) is 12. The van der Waals surface area contributed by atoms with Gasteiger partial charge in [-0.3, -0.25) is 28.1 Å². The third kappa shape index (κ3) is 12.3. The van der Waals surface area contributed by atoms with Crippen molar-refractivity contribution in [3.05, 3.63) is 143 Å². The molecule has 0 radical (unpaired) electrons. The first-order chi connectivity index (χ1) is 39.4. The maximum absolute atomic E-state index is 14.0. The summed E-state index contributed by atoms with van der Waals surface area (Å²) in [6, 6.07) is 11.2. The van der Waals surface area contributed by atoms with Gasteiger partial charge in [-0.25, -0.2) is 38.3 Å². The molecule has 10 rings (SSSR count). The summed E-state index contributed by atoms with van der Waals surface area (Å²) in [6.45, 7) is 6.76. The topological polar surface area (TPSA) is 279 Å². The molecule has 0 spiro atoms. The van der Waals surface area contributed by atoms with Crippen LogP contribution >= 0.6 is 0 Å². The van der Waals surface area contributed by atoms with Gasteiger partial charge in [-0.15, -0.1) is 0 Å². The van der Waals surface area contributed by atoms with Gasteiger partial charge in [-0.1, -0.05) is 0 Å². The number of ether oxygens (including phenoxy) is 2. The number of aromatic nitrogens is 10. The lowest BCUT2D eigenvalue weighted by Crippen LogP contribution is -2.53. The molecule has 8 heterocycles. The zero-order valence-electron chi connectivity index (χ0n) is 46.3. The van der Waals surface area contributed by atoms with Gasteiger partial charge in [-0.05, 0) is 86.3 Å². The Hall–Kier alpha value is -9.56. The second-order valence-electron chi connectivity index (χ2n) is 19.7. The Kier molecular flexibility index (Phi) is 17.0. The first-order valence-electron chi connectivity index (χ1n) is 26.1. The van der Waals surface area contributed by atoms with E-state index >= 15 is 0 Å². The number of aryl methyl sites for hydroxylation is 4. The van der Waals surface area contributed by atoms with Crippen LogP contribution in [0.1, 0.15) is 59.6 Å². The maximum Gasteiger partial charge on any atom is 0.329 e. The van der Waals surface area contributed by atoms with E-state index in [9.17, 15) is 38.2 Å². The third-order valence-electron chi connectivity index (χ3n) is 14.3. The summed E-state index contributed by atoms with van der Waals surface area (Å²) in [4.78, 5) is 74.3. The average molecular weight is 1130 g/mol. The van der Waals surface area contributed by atoms with Crippen LogP contribution in [0.5, 0.6) is 11.5 Å². The zero-order chi connectivity index (χ0) is 58.5. The predicted octanol–water partition coefficient (Wildman–Crippen LogP) is 5.89. The van der Waals surface area contributed by atoms with Crippen molar-refractivity contribution in [3.8, 4) is 34.0 Å². The van der Waals surface area contributed by atoms with E-state index in [1.807, 2.05) is 38.1 Å². The van der Waals surface area contributed by atoms with Crippen molar-refractivity contribution in [1.29, 1.82) is 0 Å². The molecule has 24 nitrogen and oxygen atoms in total. The van der Waals surface area contributed by atoms with Crippen LogP contribution in [0.4, 0.5) is 41.9 Å². The highest BCUT2D eigenvalue weighted by Crippen LogP contribution is 2.31. The van der Waals surface area contributed by atoms with Crippen molar-refractivity contribution in [1.82, 2.24) is 69.1 Å². The Morgan fingerprint density at radius 2 is 1.04 bits per heavy atom. The van der Waals surface area contributed by atoms with Crippen LogP contribution in [0, 0.1) is 25.5 Å². The Balaban J connectivity index is 0.000000198. The van der Waals surface area contributed by atoms with Gasteiger partial charge in [0, 0.05) is 112 Å². The molecule has 4 atom stereocenters. The van der Waals surface area contributed by atoms with Gasteiger partial charge < -0.3 is 50.8 Å². The van der Waals surface area contributed by atoms with E-state index in [0.717, 1.165) is 45.3 Å². The standard InChI is InChI=1S/2C28H31FN8O4/c2*1-16-13-30-27(33-24-5-7-31-35(24)3)34-25(16)19-10-21-6-8-36(28(40)37(21)14-19)17(2)26(39)32-23(15-38)18-9-20(29)12-22(11-18)41-4/h2*5,7,9-14,17,23,38H,6,8,15H2,1-4H3,(H,32,39)(H,30,33,34)/t17-,23+;17-,23-/m01/s1. The molecule has 0 saturated carbocycles. The van der Waals surface area contributed by atoms with E-state index < -0.39 is 60.8 Å². The summed E-state index contributed by atoms with van der Waals surface area (Å²) in [5, 5.41) is 39.8. The molecule has 82 heavy (non-hydrogen) atoms. The van der Waals surface area contributed by atoms with Gasteiger partial charge in [0.1, 0.15) is 46.9 Å². The Labute approximate surface area is 469 Å². The molecular formula is C56H62F2N16O8. The second kappa shape index (κ2) is 24.4. The van der Waals surface area contributed by atoms with Crippen LogP contribution in [0.25, 0.3) is 22.5 Å². The van der Waals surface area contributed by atoms with Gasteiger partial charge in [0.2, 0.25) is 23.7 Å². The van der Waals surface area contributed by atoms with Crippen LogP contribution < -0.4 is 30.7 Å². The molecule has 428 valence electrons. The van der Waals surface area contributed by atoms with Crippen molar-refractivity contribution < 1.29 is 47.6 Å². The number of benzene rings is 2. The number of aliphatic hydroxyl groups excluding tert-OH is 2. The van der Waals surface area contributed by atoms with Crippen molar-refractivity contribution in [2.45, 2.75) is 64.7 Å². The first-order valence-corrected chi connectivity index (χ1v) is 26.1. The summed E-state index contributed by atoms with van der Waals surface area (Å²) < 4.78 is 44.6. The first kappa shape index (κ1) is 57.1. The molecule has 0 saturated heterocycles. The lowest BCUT2D eigenvalue weighted by atomic mass is 10.1. The SMILES string of the molecule is COc1cc(F)cc([C@@H](CO)NC(=O)[C@@H](C)N2CCc3cc(-c4nc(Nc5ccnn5C)ncc4C)cn3C2=O)c1.COc1cc(F)cc([C@@H](CO)NC(=O)[C@H](C)N2CCc3cc(-c4nc(Nc5ccnn5C)ncc4C)cn3C2=O)c1. The fourth-order valence-electron chi connectivity index (χ4n) is 9.63. The number of anilines is 4. The summed E-state index contributed by atoms with van der Waals surface area (Å²) in [5.41, 5.74) is 6.83. The summed E-state index contributed by atoms with van der Waals surface area (Å²) in [5.74, 6) is 0.716. The number of amides is 4. The summed E-state index contributed by atoms with van der Waals surface area (Å²) >= 11 is 0. The smallest absolute Gasteiger partial charge is 0.329 e. The van der Waals surface area contributed by atoms with Crippen LogP contribution in [0.15, 0.2) is 97.8 Å². The minimum atomic E-state index is -0.877. The maximum atomic E-state index is 14.0. The predicted molar refractivity (Wildman–Crippen MR) is 297 cm³/mol. The van der Waals surface area contributed by atoms with E-state index in [1.54, 1.807) is 86.6 Å². The van der Waals surface area contributed by atoms with E-state index in [2.05, 4.69) is 51.4 Å². The Morgan fingerprint density at radius 1 is 0.634 bits per heavy atom. The molecule has 8 aromatic rings. The molecule has 4 amide bonds. The van der Waals surface area contributed by atoms with E-state index in [4.69, 9.17) is 9.47 Å². The highest BCUT2D eigenvalue weighted by atomic mass is 19.1. The van der Waals surface area contributed by atoms with E-state index in [1.165, 1.54) is 57.4 Å². The molecule has 6 N–H and O–H groups in total. The molecule has 0 unspecified atom stereocenters. The van der Waals surface area contributed by atoms with Crippen LogP contribution in [-0.2, 0) is 36.5 Å². The number of rotatable bonds is 18. The van der Waals surface area contributed by atoms with Crippen molar-refractivity contribution >= 4 is 47.4 Å².